The van der Waals surface area contributed by atoms with E-state index in [9.17, 15) is 0 Å². The number of aromatic nitrogens is 4. The van der Waals surface area contributed by atoms with Gasteiger partial charge < -0.3 is 0 Å². The minimum Gasteiger partial charge on any atom is -0.192 e. The molecule has 6 heteroatoms. The molecule has 2 aliphatic carbocycles. The molecule has 0 radical (unpaired) electrons. The third-order valence-electron chi connectivity index (χ3n) is 3.93. The summed E-state index contributed by atoms with van der Waals surface area (Å²) in [5.41, 5.74) is 2.73. The highest BCUT2D eigenvalue weighted by molar-refractivity contribution is 6.43. The topological polar surface area (TPSA) is 43.6 Å². The van der Waals surface area contributed by atoms with Crippen LogP contribution in [0.25, 0.3) is 17.1 Å². The second-order valence-electron chi connectivity index (χ2n) is 5.37. The average molecular weight is 355 g/mol. The maximum atomic E-state index is 6.35. The number of nitrogens with zero attached hydrogens (tertiary/aromatic N) is 4. The molecule has 24 heavy (non-hydrogen) atoms. The fourth-order valence-corrected chi connectivity index (χ4v) is 3.18. The quantitative estimate of drug-likeness (QED) is 0.783. The van der Waals surface area contributed by atoms with Gasteiger partial charge in [0.15, 0.2) is 5.82 Å². The molecule has 1 atom stereocenters. The molecule has 1 unspecified atom stereocenters. The smallest absolute Gasteiger partial charge is 0.188 e. The minimum absolute atomic E-state index is 0.187. The predicted octanol–water partition coefficient (Wildman–Crippen LogP) is 4.73. The van der Waals surface area contributed by atoms with E-state index in [1.165, 1.54) is 0 Å². The second kappa shape index (κ2) is 6.23. The molecule has 0 amide bonds. The first-order chi connectivity index (χ1) is 11.8. The van der Waals surface area contributed by atoms with Gasteiger partial charge in [0.25, 0.3) is 0 Å². The van der Waals surface area contributed by atoms with Gasteiger partial charge in [-0.25, -0.2) is 0 Å². The molecule has 1 aromatic carbocycles. The Bertz CT molecular complexity index is 948. The molecule has 0 fully saturated rings. The van der Waals surface area contributed by atoms with E-state index in [1.807, 2.05) is 42.5 Å². The van der Waals surface area contributed by atoms with Crippen LogP contribution in [-0.4, -0.2) is 20.2 Å². The van der Waals surface area contributed by atoms with Gasteiger partial charge in [-0.3, -0.25) is 0 Å². The molecular formula is C18H12Cl2N4. The van der Waals surface area contributed by atoms with E-state index in [2.05, 4.69) is 33.8 Å². The summed E-state index contributed by atoms with van der Waals surface area (Å²) in [7, 11) is 0. The lowest BCUT2D eigenvalue weighted by molar-refractivity contribution is 0.790. The van der Waals surface area contributed by atoms with Crippen LogP contribution in [0.3, 0.4) is 0 Å². The Kier molecular flexibility index (Phi) is 3.92. The molecule has 2 aromatic rings. The summed E-state index contributed by atoms with van der Waals surface area (Å²) < 4.78 is 1.70. The first-order valence-electron chi connectivity index (χ1n) is 7.43. The second-order valence-corrected chi connectivity index (χ2v) is 6.16. The zero-order valence-corrected chi connectivity index (χ0v) is 14.0. The molecule has 4 nitrogen and oxygen atoms in total. The first-order valence-corrected chi connectivity index (χ1v) is 8.18. The number of halogens is 2. The Morgan fingerprint density at radius 2 is 1.83 bits per heavy atom. The van der Waals surface area contributed by atoms with Crippen LogP contribution in [0.2, 0.25) is 10.0 Å². The van der Waals surface area contributed by atoms with E-state index >= 15 is 0 Å². The van der Waals surface area contributed by atoms with Crippen molar-refractivity contribution in [1.29, 1.82) is 0 Å². The van der Waals surface area contributed by atoms with Crippen molar-refractivity contribution < 1.29 is 0 Å². The number of rotatable bonds is 2. The van der Waals surface area contributed by atoms with Crippen molar-refractivity contribution in [2.24, 2.45) is 5.92 Å². The van der Waals surface area contributed by atoms with Gasteiger partial charge in [0.2, 0.25) is 0 Å². The summed E-state index contributed by atoms with van der Waals surface area (Å²) in [5, 5.41) is 13.1. The van der Waals surface area contributed by atoms with Crippen LogP contribution in [0.1, 0.15) is 0 Å². The summed E-state index contributed by atoms with van der Waals surface area (Å²) in [4.78, 5) is 0. The van der Waals surface area contributed by atoms with Crippen LogP contribution < -0.4 is 0 Å². The molecule has 0 saturated heterocycles. The van der Waals surface area contributed by atoms with E-state index in [4.69, 9.17) is 23.2 Å². The lowest BCUT2D eigenvalue weighted by atomic mass is 9.91. The van der Waals surface area contributed by atoms with E-state index < -0.39 is 0 Å². The number of benzene rings is 1. The fraction of sp³-hybridized carbons (Fsp3) is 0.0556. The summed E-state index contributed by atoms with van der Waals surface area (Å²) >= 11 is 12.5. The number of allylic oxidation sites excluding steroid dienone is 10. The number of hydrogen-bond acceptors (Lipinski definition) is 3. The van der Waals surface area contributed by atoms with Gasteiger partial charge in [0.1, 0.15) is 0 Å². The molecule has 0 bridgehead atoms. The third kappa shape index (κ3) is 2.54. The van der Waals surface area contributed by atoms with E-state index in [1.54, 1.807) is 10.7 Å². The van der Waals surface area contributed by atoms with Gasteiger partial charge in [0.05, 0.1) is 15.7 Å². The number of tetrazole rings is 1. The molecule has 118 valence electrons. The van der Waals surface area contributed by atoms with Crippen molar-refractivity contribution in [3.8, 4) is 11.4 Å². The Morgan fingerprint density at radius 3 is 2.75 bits per heavy atom. The number of fused-ring (bicyclic) bond motifs is 1. The zero-order valence-electron chi connectivity index (χ0n) is 12.5. The van der Waals surface area contributed by atoms with E-state index in [-0.39, 0.29) is 5.92 Å². The summed E-state index contributed by atoms with van der Waals surface area (Å²) in [6.07, 6.45) is 16.4. The molecule has 0 saturated carbocycles. The fourth-order valence-electron chi connectivity index (χ4n) is 2.80. The Labute approximate surface area is 149 Å². The van der Waals surface area contributed by atoms with Crippen LogP contribution >= 0.6 is 23.2 Å². The standard InChI is InChI=1S/C18H12Cl2N4/c19-15-10-5-9-14(17(15)20)18-21-22-23-24(18)16-11-4-7-12-6-2-1-3-8-13(12)16/h1-12H. The van der Waals surface area contributed by atoms with Crippen LogP contribution in [0.5, 0.6) is 0 Å². The summed E-state index contributed by atoms with van der Waals surface area (Å²) in [6.45, 7) is 0. The van der Waals surface area contributed by atoms with Gasteiger partial charge in [-0.05, 0) is 34.2 Å². The largest absolute Gasteiger partial charge is 0.192 e. The monoisotopic (exact) mass is 354 g/mol. The van der Waals surface area contributed by atoms with Crippen molar-refractivity contribution in [2.45, 2.75) is 0 Å². The Balaban J connectivity index is 1.86. The molecule has 1 heterocycles. The third-order valence-corrected chi connectivity index (χ3v) is 4.75. The van der Waals surface area contributed by atoms with Gasteiger partial charge in [0, 0.05) is 11.5 Å². The van der Waals surface area contributed by atoms with Crippen LogP contribution in [-0.2, 0) is 0 Å². The van der Waals surface area contributed by atoms with Crippen molar-refractivity contribution in [3.63, 3.8) is 0 Å². The average Bonchev–Trinajstić information content (AvgIpc) is 2.94. The molecule has 0 aliphatic heterocycles. The summed E-state index contributed by atoms with van der Waals surface area (Å²) in [5.74, 6) is 0.743. The van der Waals surface area contributed by atoms with Crippen LogP contribution in [0, 0.1) is 5.92 Å². The zero-order chi connectivity index (χ0) is 16.5. The van der Waals surface area contributed by atoms with Crippen molar-refractivity contribution >= 4 is 28.9 Å². The predicted molar refractivity (Wildman–Crippen MR) is 96.5 cm³/mol. The molecule has 0 N–H and O–H groups in total. The highest BCUT2D eigenvalue weighted by atomic mass is 35.5. The van der Waals surface area contributed by atoms with Crippen molar-refractivity contribution in [2.75, 3.05) is 0 Å². The normalized spacial score (nSPS) is 18.8. The lowest BCUT2D eigenvalue weighted by Gasteiger charge is -2.20. The molecule has 4 rings (SSSR count). The first kappa shape index (κ1) is 15.1. The lowest BCUT2D eigenvalue weighted by Crippen LogP contribution is -2.11. The van der Waals surface area contributed by atoms with E-state index in [0.717, 1.165) is 11.3 Å². The van der Waals surface area contributed by atoms with E-state index in [0.29, 0.717) is 21.4 Å². The highest BCUT2D eigenvalue weighted by Crippen LogP contribution is 2.36. The van der Waals surface area contributed by atoms with Crippen LogP contribution in [0.15, 0.2) is 72.4 Å². The molecular weight excluding hydrogens is 343 g/mol. The molecule has 0 spiro atoms. The SMILES string of the molecule is Clc1cccc(-c2nnnn2C2=CC=CC3C=CC=CC=C23)c1Cl. The van der Waals surface area contributed by atoms with Crippen molar-refractivity contribution in [1.82, 2.24) is 20.2 Å². The van der Waals surface area contributed by atoms with Gasteiger partial charge in [-0.15, -0.1) is 5.10 Å². The van der Waals surface area contributed by atoms with Crippen molar-refractivity contribution in [3.05, 3.63) is 82.4 Å². The Hall–Kier alpha value is -2.43. The van der Waals surface area contributed by atoms with Gasteiger partial charge >= 0.3 is 0 Å². The Morgan fingerprint density at radius 1 is 0.958 bits per heavy atom. The maximum Gasteiger partial charge on any atom is 0.188 e. The van der Waals surface area contributed by atoms with Crippen LogP contribution in [0.4, 0.5) is 0 Å². The molecule has 1 aromatic heterocycles. The van der Waals surface area contributed by atoms with Gasteiger partial charge in [-0.2, -0.15) is 4.68 Å². The minimum atomic E-state index is 0.187. The molecule has 2 aliphatic rings. The van der Waals surface area contributed by atoms with Gasteiger partial charge in [-0.1, -0.05) is 71.8 Å². The summed E-state index contributed by atoms with van der Waals surface area (Å²) in [6, 6.07) is 5.43. The maximum absolute atomic E-state index is 6.35. The highest BCUT2D eigenvalue weighted by Gasteiger charge is 2.23. The number of hydrogen-bond donors (Lipinski definition) is 0.